The first-order valence-electron chi connectivity index (χ1n) is 8.86. The number of hydrogen-bond acceptors (Lipinski definition) is 6. The van der Waals surface area contributed by atoms with E-state index in [1.807, 2.05) is 0 Å². The molecule has 1 saturated heterocycles. The lowest BCUT2D eigenvalue weighted by molar-refractivity contribution is -0.384. The molecule has 0 bridgehead atoms. The molecule has 1 fully saturated rings. The number of amides is 2. The van der Waals surface area contributed by atoms with E-state index in [4.69, 9.17) is 16.0 Å². The van der Waals surface area contributed by atoms with Gasteiger partial charge in [0.25, 0.3) is 16.8 Å². The molecular weight excluding hydrogens is 447 g/mol. The third-order valence-corrected chi connectivity index (χ3v) is 5.62. The summed E-state index contributed by atoms with van der Waals surface area (Å²) in [5, 5.41) is 11.0. The molecule has 0 N–H and O–H groups in total. The summed E-state index contributed by atoms with van der Waals surface area (Å²) in [6.45, 7) is -0.185. The van der Waals surface area contributed by atoms with E-state index in [0.29, 0.717) is 11.8 Å². The highest BCUT2D eigenvalue weighted by atomic mass is 35.5. The number of nitrogens with zero attached hydrogens (tertiary/aromatic N) is 2. The summed E-state index contributed by atoms with van der Waals surface area (Å²) in [5.74, 6) is -0.643. The highest BCUT2D eigenvalue weighted by Gasteiger charge is 2.35. The molecule has 2 amide bonds. The maximum atomic E-state index is 13.9. The topological polar surface area (TPSA) is 93.7 Å². The number of halogens is 2. The van der Waals surface area contributed by atoms with Gasteiger partial charge in [-0.05, 0) is 42.1 Å². The van der Waals surface area contributed by atoms with Crippen LogP contribution in [-0.4, -0.2) is 21.0 Å². The van der Waals surface area contributed by atoms with E-state index >= 15 is 0 Å². The molecule has 0 spiro atoms. The van der Waals surface area contributed by atoms with Crippen LogP contribution in [0.25, 0.3) is 17.4 Å². The van der Waals surface area contributed by atoms with Crippen molar-refractivity contribution in [2.75, 3.05) is 0 Å². The van der Waals surface area contributed by atoms with E-state index in [9.17, 15) is 24.1 Å². The Bertz CT molecular complexity index is 1260. The number of nitro groups is 1. The van der Waals surface area contributed by atoms with Crippen LogP contribution in [0.5, 0.6) is 0 Å². The Morgan fingerprint density at radius 2 is 1.94 bits per heavy atom. The Kier molecular flexibility index (Phi) is 5.62. The monoisotopic (exact) mass is 458 g/mol. The average Bonchev–Trinajstić information content (AvgIpc) is 3.29. The fourth-order valence-electron chi connectivity index (χ4n) is 3.00. The van der Waals surface area contributed by atoms with Crippen molar-refractivity contribution < 1.29 is 23.3 Å². The van der Waals surface area contributed by atoms with Crippen LogP contribution in [0.1, 0.15) is 11.3 Å². The van der Waals surface area contributed by atoms with E-state index < -0.39 is 21.9 Å². The van der Waals surface area contributed by atoms with Gasteiger partial charge in [0.1, 0.15) is 17.3 Å². The quantitative estimate of drug-likeness (QED) is 0.269. The minimum absolute atomic E-state index is 0.104. The number of hydrogen-bond donors (Lipinski definition) is 0. The predicted octanol–water partition coefficient (Wildman–Crippen LogP) is 5.88. The van der Waals surface area contributed by atoms with Gasteiger partial charge in [-0.25, -0.2) is 4.39 Å². The summed E-state index contributed by atoms with van der Waals surface area (Å²) < 4.78 is 19.5. The molecule has 156 valence electrons. The molecule has 0 aliphatic carbocycles. The van der Waals surface area contributed by atoms with Crippen LogP contribution in [0.4, 0.5) is 14.9 Å². The van der Waals surface area contributed by atoms with Crippen LogP contribution in [0.15, 0.2) is 63.9 Å². The van der Waals surface area contributed by atoms with Crippen LogP contribution in [0.3, 0.4) is 0 Å². The molecule has 0 radical (unpaired) electrons. The van der Waals surface area contributed by atoms with Crippen molar-refractivity contribution in [3.05, 3.63) is 91.8 Å². The van der Waals surface area contributed by atoms with Gasteiger partial charge in [0.05, 0.1) is 21.9 Å². The second-order valence-corrected chi connectivity index (χ2v) is 7.91. The van der Waals surface area contributed by atoms with E-state index in [1.165, 1.54) is 54.6 Å². The molecule has 7 nitrogen and oxygen atoms in total. The molecule has 10 heteroatoms. The van der Waals surface area contributed by atoms with Crippen molar-refractivity contribution in [1.82, 2.24) is 4.90 Å². The number of rotatable bonds is 5. The van der Waals surface area contributed by atoms with Gasteiger partial charge in [-0.2, -0.15) is 0 Å². The van der Waals surface area contributed by atoms with E-state index in [1.54, 1.807) is 6.07 Å². The molecule has 2 heterocycles. The van der Waals surface area contributed by atoms with Gasteiger partial charge >= 0.3 is 0 Å². The maximum absolute atomic E-state index is 13.9. The normalized spacial score (nSPS) is 15.2. The summed E-state index contributed by atoms with van der Waals surface area (Å²) in [5.41, 5.74) is 0.224. The Morgan fingerprint density at radius 1 is 1.16 bits per heavy atom. The summed E-state index contributed by atoms with van der Waals surface area (Å²) in [4.78, 5) is 36.7. The first kappa shape index (κ1) is 20.8. The van der Waals surface area contributed by atoms with Crippen LogP contribution in [0.2, 0.25) is 5.02 Å². The third-order valence-electron chi connectivity index (χ3n) is 4.48. The lowest BCUT2D eigenvalue weighted by atomic mass is 10.1. The first-order chi connectivity index (χ1) is 14.8. The van der Waals surface area contributed by atoms with Crippen molar-refractivity contribution in [3.8, 4) is 11.3 Å². The first-order valence-corrected chi connectivity index (χ1v) is 10.1. The molecule has 0 atom stereocenters. The Labute approximate surface area is 184 Å². The number of furan rings is 1. The smallest absolute Gasteiger partial charge is 0.293 e. The second kappa shape index (κ2) is 8.37. The molecule has 1 aliphatic rings. The predicted molar refractivity (Wildman–Crippen MR) is 114 cm³/mol. The summed E-state index contributed by atoms with van der Waals surface area (Å²) in [6, 6.07) is 13.1. The summed E-state index contributed by atoms with van der Waals surface area (Å²) >= 11 is 6.54. The van der Waals surface area contributed by atoms with E-state index in [2.05, 4.69) is 0 Å². The van der Waals surface area contributed by atoms with Crippen LogP contribution < -0.4 is 0 Å². The molecule has 3 aromatic rings. The Balaban J connectivity index is 1.59. The molecule has 0 unspecified atom stereocenters. The van der Waals surface area contributed by atoms with Crippen molar-refractivity contribution >= 4 is 46.3 Å². The molecule has 4 rings (SSSR count). The summed E-state index contributed by atoms with van der Waals surface area (Å²) in [6.07, 6.45) is 1.37. The lowest BCUT2D eigenvalue weighted by Crippen LogP contribution is -2.27. The second-order valence-electron chi connectivity index (χ2n) is 6.48. The maximum Gasteiger partial charge on any atom is 0.293 e. The Hall–Kier alpha value is -3.43. The Morgan fingerprint density at radius 3 is 2.68 bits per heavy atom. The zero-order chi connectivity index (χ0) is 22.1. The van der Waals surface area contributed by atoms with Crippen LogP contribution in [0, 0.1) is 15.9 Å². The van der Waals surface area contributed by atoms with E-state index in [-0.39, 0.29) is 44.8 Å². The number of imide groups is 1. The van der Waals surface area contributed by atoms with Gasteiger partial charge in [0, 0.05) is 22.7 Å². The third kappa shape index (κ3) is 4.23. The fourth-order valence-corrected chi connectivity index (χ4v) is 3.99. The van der Waals surface area contributed by atoms with Crippen LogP contribution in [-0.2, 0) is 11.3 Å². The van der Waals surface area contributed by atoms with Crippen molar-refractivity contribution in [2.24, 2.45) is 0 Å². The van der Waals surface area contributed by atoms with Crippen LogP contribution >= 0.6 is 23.4 Å². The van der Waals surface area contributed by atoms with Gasteiger partial charge in [0.2, 0.25) is 0 Å². The fraction of sp³-hybridized carbons (Fsp3) is 0.0476. The molecule has 1 aliphatic heterocycles. The number of nitro benzene ring substituents is 1. The van der Waals surface area contributed by atoms with Gasteiger partial charge in [0.15, 0.2) is 0 Å². The number of carbonyl (C=O) groups excluding carboxylic acids is 2. The average molecular weight is 459 g/mol. The number of benzene rings is 2. The van der Waals surface area contributed by atoms with E-state index in [0.717, 1.165) is 4.90 Å². The number of thioether (sulfide) groups is 1. The minimum atomic E-state index is -0.575. The van der Waals surface area contributed by atoms with Crippen molar-refractivity contribution in [1.29, 1.82) is 0 Å². The van der Waals surface area contributed by atoms with Gasteiger partial charge in [-0.15, -0.1) is 0 Å². The minimum Gasteiger partial charge on any atom is -0.456 e. The zero-order valence-corrected chi connectivity index (χ0v) is 17.2. The number of carbonyl (C=O) groups is 2. The molecule has 1 aromatic heterocycles. The standard InChI is InChI=1S/C21H12ClFN2O5S/c22-13-5-7-15(17(9-13)25(28)29)18-8-6-14(30-18)10-19-20(26)24(21(27)31-19)11-12-3-1-2-4-16(12)23/h1-10H,11H2/b19-10+. The SMILES string of the molecule is O=C1S/C(=C/c2ccc(-c3ccc(Cl)cc3[N+](=O)[O-])o2)C(=O)N1Cc1ccccc1F. The molecule has 31 heavy (non-hydrogen) atoms. The zero-order valence-electron chi connectivity index (χ0n) is 15.6. The molecule has 0 saturated carbocycles. The molecule has 2 aromatic carbocycles. The lowest BCUT2D eigenvalue weighted by Gasteiger charge is -2.12. The van der Waals surface area contributed by atoms with Gasteiger partial charge in [-0.3, -0.25) is 24.6 Å². The van der Waals surface area contributed by atoms with Gasteiger partial charge in [-0.1, -0.05) is 29.8 Å². The molecular formula is C21H12ClFN2O5S. The van der Waals surface area contributed by atoms with Crippen molar-refractivity contribution in [2.45, 2.75) is 6.54 Å². The highest BCUT2D eigenvalue weighted by Crippen LogP contribution is 2.36. The largest absolute Gasteiger partial charge is 0.456 e. The summed E-state index contributed by atoms with van der Waals surface area (Å²) in [7, 11) is 0. The van der Waals surface area contributed by atoms with Crippen molar-refractivity contribution in [3.63, 3.8) is 0 Å². The van der Waals surface area contributed by atoms with Gasteiger partial charge < -0.3 is 4.42 Å². The highest BCUT2D eigenvalue weighted by molar-refractivity contribution is 8.18.